The van der Waals surface area contributed by atoms with E-state index in [0.29, 0.717) is 0 Å². The second-order valence-corrected chi connectivity index (χ2v) is 129. The molecule has 0 radical (unpaired) electrons. The molecule has 0 saturated carbocycles. The second-order valence-electron chi connectivity index (χ2n) is 13.3. The molecule has 0 amide bonds. The number of rotatable bonds is 1. The Morgan fingerprint density at radius 3 is 0.747 bits per heavy atom. The number of benzene rings is 1. The van der Waals surface area contributed by atoms with Crippen LogP contribution in [0.1, 0.15) is 48.8 Å². The summed E-state index contributed by atoms with van der Waals surface area (Å²) in [5.41, 5.74) is 10.4. The van der Waals surface area contributed by atoms with Gasteiger partial charge in [0.2, 0.25) is 0 Å². The number of imidazole rings is 1. The highest BCUT2D eigenvalue weighted by molar-refractivity contribution is 9.10. The SMILES string of the molecule is Cc1cc(C)c(-c2cc3nc(C(C)(C)C)ccc3c3nc(Br)c(C)n23)c(C)c1.S=S=S=S=S=S=S=S=S=S=S=S=S=S=S=S=S=S=S=S=S=S=S=S=S=S=S=S=S=S=S=S=S=S=S=S=S=S=S=S=S=S=S=S=S=S=S=S=S=S=S=S=S=S=S=S=S=S=S=S=S=S=S=S=S=S=S. The third kappa shape index (κ3) is 56.5. The van der Waals surface area contributed by atoms with Gasteiger partial charge in [0.05, 0.1) is 16.9 Å². The zero-order chi connectivity index (χ0) is 68.3. The molecule has 0 spiro atoms. The summed E-state index contributed by atoms with van der Waals surface area (Å²) in [4.78, 5) is 9.87. The zero-order valence-electron chi connectivity index (χ0n) is 45.0. The van der Waals surface area contributed by atoms with Gasteiger partial charge in [-0.25, -0.2) is 4.98 Å². The highest BCUT2D eigenvalue weighted by Crippen LogP contribution is 2.35. The third-order valence-electron chi connectivity index (χ3n) is 7.21. The van der Waals surface area contributed by atoms with Gasteiger partial charge in [-0.3, -0.25) is 9.38 Å². The van der Waals surface area contributed by atoms with Crippen LogP contribution in [-0.4, -0.2) is 14.4 Å². The van der Waals surface area contributed by atoms with Crippen molar-refractivity contribution >= 4 is 632 Å². The fourth-order valence-electron chi connectivity index (χ4n) is 4.82. The maximum atomic E-state index is 5.03. The number of halogens is 1. The van der Waals surface area contributed by atoms with E-state index in [1.165, 1.54) is 40.0 Å². The van der Waals surface area contributed by atoms with E-state index in [1.54, 1.807) is 107 Å². The largest absolute Gasteiger partial charge is 0.295 e. The molecule has 546 valence electrons. The highest BCUT2D eigenvalue weighted by atomic mass is 79.9. The summed E-state index contributed by atoms with van der Waals surface area (Å²) in [5.74, 6) is 0. The molecule has 0 aliphatic heterocycles. The van der Waals surface area contributed by atoms with Crippen molar-refractivity contribution in [3.63, 3.8) is 0 Å². The molecule has 0 atom stereocenters. The molecule has 0 fully saturated rings. The van der Waals surface area contributed by atoms with Crippen molar-refractivity contribution in [3.8, 4) is 11.3 Å². The minimum absolute atomic E-state index is 0.00208. The highest BCUT2D eigenvalue weighted by Gasteiger charge is 2.21. The van der Waals surface area contributed by atoms with Crippen molar-refractivity contribution in [1.29, 1.82) is 0 Å². The first-order chi connectivity index (χ1) is 46.5. The fourth-order valence-corrected chi connectivity index (χ4v) is 178. The van der Waals surface area contributed by atoms with Crippen LogP contribution < -0.4 is 0 Å². The van der Waals surface area contributed by atoms with Crippen LogP contribution in [-0.2, 0) is 605 Å². The maximum Gasteiger partial charge on any atom is 0.148 e. The summed E-state index contributed by atoms with van der Waals surface area (Å²) >= 11 is 13.3. The molecular weight excluding hydrogens is 2560 g/mol. The van der Waals surface area contributed by atoms with Gasteiger partial charge in [-0.1, -0.05) is 38.5 Å². The van der Waals surface area contributed by atoms with Crippen LogP contribution in [0.3, 0.4) is 0 Å². The van der Waals surface area contributed by atoms with Crippen LogP contribution in [0, 0.1) is 27.7 Å². The van der Waals surface area contributed by atoms with E-state index < -0.39 is 0 Å². The van der Waals surface area contributed by atoms with Crippen molar-refractivity contribution in [2.45, 2.75) is 53.9 Å². The van der Waals surface area contributed by atoms with E-state index in [1.807, 2.05) is 453 Å². The quantitative estimate of drug-likeness (QED) is 0.213. The summed E-state index contributed by atoms with van der Waals surface area (Å²) in [6, 6.07) is 11.0. The molecule has 0 unspecified atom stereocenters. The van der Waals surface area contributed by atoms with Crippen molar-refractivity contribution in [3.05, 3.63) is 63.0 Å². The predicted octanol–water partition coefficient (Wildman–Crippen LogP) is 6.68. The molecule has 0 aliphatic rings. The predicted molar refractivity (Wildman–Crippen MR) is 615 cm³/mol. The Labute approximate surface area is 754 Å². The van der Waals surface area contributed by atoms with Crippen LogP contribution in [0.15, 0.2) is 34.9 Å². The lowest BCUT2D eigenvalue weighted by molar-refractivity contribution is 0.571. The number of hydrogen-bond acceptors (Lipinski definition) is 4. The monoisotopic (exact) mass is 2580 g/mol. The van der Waals surface area contributed by atoms with E-state index in [9.17, 15) is 0 Å². The Morgan fingerprint density at radius 1 is 0.316 bits per heavy atom. The van der Waals surface area contributed by atoms with Gasteiger partial charge in [0.1, 0.15) is 10.3 Å². The number of hydrogen-bond donors (Lipinski definition) is 0. The van der Waals surface area contributed by atoms with Crippen LogP contribution >= 0.6 is 15.9 Å². The molecule has 0 bridgehead atoms. The zero-order valence-corrected chi connectivity index (χ0v) is 101. The van der Waals surface area contributed by atoms with Crippen molar-refractivity contribution in [2.75, 3.05) is 0 Å². The molecule has 4 rings (SSSR count). The van der Waals surface area contributed by atoms with Crippen LogP contribution in [0.2, 0.25) is 0 Å². The van der Waals surface area contributed by atoms with Gasteiger partial charge in [-0.2, -0.15) is 0 Å². The van der Waals surface area contributed by atoms with Crippen molar-refractivity contribution in [1.82, 2.24) is 14.4 Å². The van der Waals surface area contributed by atoms with E-state index >= 15 is 0 Å². The molecule has 4 aromatic rings. The number of aromatic nitrogens is 3. The molecule has 3 heterocycles. The molecule has 0 aliphatic carbocycles. The second kappa shape index (κ2) is 74.1. The third-order valence-corrected chi connectivity index (χ3v) is 150. The van der Waals surface area contributed by atoms with Crippen LogP contribution in [0.25, 0.3) is 27.8 Å². The smallest absolute Gasteiger partial charge is 0.148 e. The minimum Gasteiger partial charge on any atom is -0.295 e. The van der Waals surface area contributed by atoms with E-state index in [0.717, 1.165) is 38.2 Å². The Hall–Kier alpha value is 12.5. The Morgan fingerprint density at radius 2 is 0.537 bits per heavy atom. The normalized spacial score (nSPS) is 9.14. The number of fused-ring (bicyclic) bond motifs is 3. The lowest BCUT2D eigenvalue weighted by atomic mass is 9.91. The van der Waals surface area contributed by atoms with Gasteiger partial charge in [0.25, 0.3) is 0 Å². The van der Waals surface area contributed by atoms with Gasteiger partial charge < -0.3 is 0 Å². The summed E-state index contributed by atoms with van der Waals surface area (Å²) in [6.07, 6.45) is 0. The standard InChI is InChI=1S/C24H26BrN3.S67/c1-13-10-14(2)21(15(3)11-13)19-12-18-17(8-9-20(26-18)24(5,6)7)23-27-22(25)16(4)28(19)23;1-3-5-7-9-11-13-15-17-19-21-23-25-27-29-31-33-35-37-39-41-43-45-47-49-51-53-55-57-59-61-63-65-67-66-64-62-60-58-56-54-52-50-48-46-44-42-40-38-36-34-32-30-28-26-24-22-20-18-16-14-12-10-8-6-4-2/h8-12H,1-7H3;. The Balaban J connectivity index is 0.000000684. The lowest BCUT2D eigenvalue weighted by Gasteiger charge is -2.19. The fraction of sp³-hybridized carbons (Fsp3) is 0.333. The molecule has 3 aromatic heterocycles. The number of nitrogens with zero attached hydrogens (tertiary/aromatic N) is 3. The van der Waals surface area contributed by atoms with E-state index in [-0.39, 0.29) is 5.41 Å². The number of aryl methyl sites for hydroxylation is 4. The van der Waals surface area contributed by atoms with Crippen LogP contribution in [0.4, 0.5) is 0 Å². The Bertz CT molecular complexity index is 6570. The lowest BCUT2D eigenvalue weighted by Crippen LogP contribution is -2.13. The molecule has 0 N–H and O–H groups in total. The molecular formula is C24H26BrN3S67. The van der Waals surface area contributed by atoms with Crippen LogP contribution in [0.5, 0.6) is 0 Å². The van der Waals surface area contributed by atoms with Gasteiger partial charge >= 0.3 is 0 Å². The van der Waals surface area contributed by atoms with E-state index in [2.05, 4.69) is 99.1 Å². The topological polar surface area (TPSA) is 30.2 Å². The summed E-state index contributed by atoms with van der Waals surface area (Å²) < 4.78 is 3.14. The average molecular weight is 2580 g/mol. The van der Waals surface area contributed by atoms with E-state index in [4.69, 9.17) is 32.3 Å². The van der Waals surface area contributed by atoms with Crippen molar-refractivity contribution in [2.24, 2.45) is 0 Å². The minimum atomic E-state index is 0.00208. The summed E-state index contributed by atoms with van der Waals surface area (Å²) in [7, 11) is 117. The summed E-state index contributed by atoms with van der Waals surface area (Å²) in [6.45, 7) is 15.2. The van der Waals surface area contributed by atoms with Gasteiger partial charge in [-0.15, -0.1) is 0 Å². The average Bonchev–Trinajstić information content (AvgIpc) is 1.67. The number of pyridine rings is 2. The first kappa shape index (κ1) is 102. The molecule has 0 saturated heterocycles. The van der Waals surface area contributed by atoms with Gasteiger partial charge in [0.15, 0.2) is 0 Å². The molecule has 71 heteroatoms. The van der Waals surface area contributed by atoms with Gasteiger partial charge in [-0.05, 0) is 73.0 Å². The maximum absolute atomic E-state index is 5.03. The Kier molecular flexibility index (Phi) is 79.4. The molecule has 95 heavy (non-hydrogen) atoms. The van der Waals surface area contributed by atoms with Crippen molar-refractivity contribution < 1.29 is 0 Å². The molecule has 1 aromatic carbocycles. The van der Waals surface area contributed by atoms with Gasteiger partial charge in [0, 0.05) is 622 Å². The summed E-state index contributed by atoms with van der Waals surface area (Å²) in [5, 5.41) is 1.08. The first-order valence-electron chi connectivity index (χ1n) is 20.6. The molecule has 3 nitrogen and oxygen atoms in total. The first-order valence-corrected chi connectivity index (χ1v) is 109.